The smallest absolute Gasteiger partial charge is 0.223 e. The molecule has 1 saturated heterocycles. The van der Waals surface area contributed by atoms with Gasteiger partial charge in [0.25, 0.3) is 0 Å². The number of rotatable bonds is 5. The fraction of sp³-hybridized carbons (Fsp3) is 0.929. The van der Waals surface area contributed by atoms with Gasteiger partial charge in [0.2, 0.25) is 5.91 Å². The Kier molecular flexibility index (Phi) is 4.84. The molecule has 0 atom stereocenters. The van der Waals surface area contributed by atoms with E-state index >= 15 is 0 Å². The van der Waals surface area contributed by atoms with E-state index in [-0.39, 0.29) is 0 Å². The highest BCUT2D eigenvalue weighted by Crippen LogP contribution is 2.26. The maximum Gasteiger partial charge on any atom is 0.223 e. The highest BCUT2D eigenvalue weighted by molar-refractivity contribution is 5.79. The van der Waals surface area contributed by atoms with E-state index in [1.165, 1.54) is 32.4 Å². The number of carbonyl (C=O) groups is 1. The lowest BCUT2D eigenvalue weighted by molar-refractivity contribution is -0.127. The predicted molar refractivity (Wildman–Crippen MR) is 69.8 cm³/mol. The highest BCUT2D eigenvalue weighted by Gasteiger charge is 2.24. The van der Waals surface area contributed by atoms with Crippen LogP contribution in [0.2, 0.25) is 0 Å². The molecule has 1 amide bonds. The summed E-state index contributed by atoms with van der Waals surface area (Å²) in [6.45, 7) is 6.85. The van der Waals surface area contributed by atoms with Gasteiger partial charge in [-0.2, -0.15) is 0 Å². The van der Waals surface area contributed by atoms with E-state index in [0.717, 1.165) is 38.3 Å². The summed E-state index contributed by atoms with van der Waals surface area (Å²) in [6, 6.07) is 0. The average molecular weight is 238 g/mol. The minimum Gasteiger partial charge on any atom is -0.356 e. The Morgan fingerprint density at radius 3 is 2.53 bits per heavy atom. The van der Waals surface area contributed by atoms with Crippen LogP contribution in [-0.2, 0) is 4.79 Å². The Labute approximate surface area is 105 Å². The zero-order chi connectivity index (χ0) is 12.1. The first-order valence-corrected chi connectivity index (χ1v) is 7.26. The summed E-state index contributed by atoms with van der Waals surface area (Å²) in [5.74, 6) is 1.54. The molecule has 0 unspecified atom stereocenters. The van der Waals surface area contributed by atoms with Crippen molar-refractivity contribution < 1.29 is 4.79 Å². The quantitative estimate of drug-likeness (QED) is 0.743. The molecule has 1 aliphatic carbocycles. The largest absolute Gasteiger partial charge is 0.356 e. The number of piperidine rings is 1. The number of nitrogens with zero attached hydrogens (tertiary/aromatic N) is 1. The second kappa shape index (κ2) is 6.39. The van der Waals surface area contributed by atoms with Gasteiger partial charge in [0.05, 0.1) is 0 Å². The molecule has 0 bridgehead atoms. The maximum atomic E-state index is 11.6. The molecule has 0 aromatic rings. The van der Waals surface area contributed by atoms with Crippen LogP contribution in [0.25, 0.3) is 0 Å². The van der Waals surface area contributed by atoms with Crippen molar-refractivity contribution in [2.24, 2.45) is 11.8 Å². The van der Waals surface area contributed by atoms with E-state index in [1.807, 2.05) is 0 Å². The molecule has 1 saturated carbocycles. The predicted octanol–water partition coefficient (Wildman–Crippen LogP) is 2.02. The molecule has 3 nitrogen and oxygen atoms in total. The molecule has 0 aromatic heterocycles. The molecule has 2 fully saturated rings. The molecule has 0 aromatic carbocycles. The van der Waals surface area contributed by atoms with Crippen LogP contribution in [0.1, 0.15) is 45.4 Å². The van der Waals surface area contributed by atoms with Crippen LogP contribution < -0.4 is 5.32 Å². The van der Waals surface area contributed by atoms with Crippen LogP contribution in [0, 0.1) is 11.8 Å². The molecular formula is C14H26N2O. The van der Waals surface area contributed by atoms with Crippen molar-refractivity contribution in [3.05, 3.63) is 0 Å². The van der Waals surface area contributed by atoms with Gasteiger partial charge in [-0.1, -0.05) is 13.3 Å². The SMILES string of the molecule is CC1CCN(CCCNC(=O)C2CCC2)CC1. The molecule has 0 radical (unpaired) electrons. The molecular weight excluding hydrogens is 212 g/mol. The van der Waals surface area contributed by atoms with E-state index in [9.17, 15) is 4.79 Å². The fourth-order valence-electron chi connectivity index (χ4n) is 2.61. The van der Waals surface area contributed by atoms with Crippen molar-refractivity contribution in [1.82, 2.24) is 10.2 Å². The lowest BCUT2D eigenvalue weighted by atomic mass is 9.85. The number of carbonyl (C=O) groups excluding carboxylic acids is 1. The van der Waals surface area contributed by atoms with Gasteiger partial charge in [-0.25, -0.2) is 0 Å². The summed E-state index contributed by atoms with van der Waals surface area (Å²) >= 11 is 0. The summed E-state index contributed by atoms with van der Waals surface area (Å²) in [6.07, 6.45) is 7.24. The lowest BCUT2D eigenvalue weighted by Gasteiger charge is -2.30. The molecule has 1 aliphatic heterocycles. The monoisotopic (exact) mass is 238 g/mol. The maximum absolute atomic E-state index is 11.6. The highest BCUT2D eigenvalue weighted by atomic mass is 16.1. The second-order valence-corrected chi connectivity index (χ2v) is 5.80. The number of nitrogens with one attached hydrogen (secondary N) is 1. The van der Waals surface area contributed by atoms with E-state index < -0.39 is 0 Å². The third-order valence-corrected chi connectivity index (χ3v) is 4.30. The topological polar surface area (TPSA) is 32.3 Å². The number of likely N-dealkylation sites (tertiary alicyclic amines) is 1. The van der Waals surface area contributed by atoms with Crippen molar-refractivity contribution in [1.29, 1.82) is 0 Å². The van der Waals surface area contributed by atoms with Crippen LogP contribution in [0.3, 0.4) is 0 Å². The van der Waals surface area contributed by atoms with Gasteiger partial charge in [-0.3, -0.25) is 4.79 Å². The van der Waals surface area contributed by atoms with Gasteiger partial charge in [-0.15, -0.1) is 0 Å². The summed E-state index contributed by atoms with van der Waals surface area (Å²) in [5, 5.41) is 3.07. The van der Waals surface area contributed by atoms with Crippen molar-refractivity contribution in [3.8, 4) is 0 Å². The van der Waals surface area contributed by atoms with Gasteiger partial charge in [0, 0.05) is 12.5 Å². The first kappa shape index (κ1) is 12.9. The molecule has 17 heavy (non-hydrogen) atoms. The number of amides is 1. The van der Waals surface area contributed by atoms with Gasteiger partial charge in [0.15, 0.2) is 0 Å². The van der Waals surface area contributed by atoms with E-state index in [4.69, 9.17) is 0 Å². The Hall–Kier alpha value is -0.570. The Morgan fingerprint density at radius 2 is 1.94 bits per heavy atom. The average Bonchev–Trinajstić information content (AvgIpc) is 2.24. The Balaban J connectivity index is 1.49. The third kappa shape index (κ3) is 3.98. The van der Waals surface area contributed by atoms with Gasteiger partial charge < -0.3 is 10.2 Å². The summed E-state index contributed by atoms with van der Waals surface area (Å²) in [7, 11) is 0. The molecule has 1 N–H and O–H groups in total. The molecule has 2 rings (SSSR count). The lowest BCUT2D eigenvalue weighted by Crippen LogP contribution is -2.38. The van der Waals surface area contributed by atoms with E-state index in [1.54, 1.807) is 0 Å². The van der Waals surface area contributed by atoms with Gasteiger partial charge >= 0.3 is 0 Å². The summed E-state index contributed by atoms with van der Waals surface area (Å²) in [4.78, 5) is 14.1. The molecule has 3 heteroatoms. The normalized spacial score (nSPS) is 23.4. The van der Waals surface area contributed by atoms with Crippen LogP contribution in [0.15, 0.2) is 0 Å². The standard InChI is InChI=1S/C14H26N2O/c1-12-6-10-16(11-7-12)9-3-8-15-14(17)13-4-2-5-13/h12-13H,2-11H2,1H3,(H,15,17). The first-order valence-electron chi connectivity index (χ1n) is 7.26. The summed E-state index contributed by atoms with van der Waals surface area (Å²) in [5.41, 5.74) is 0. The molecule has 1 heterocycles. The Morgan fingerprint density at radius 1 is 1.24 bits per heavy atom. The van der Waals surface area contributed by atoms with Crippen LogP contribution in [0.5, 0.6) is 0 Å². The first-order chi connectivity index (χ1) is 8.25. The fourth-order valence-corrected chi connectivity index (χ4v) is 2.61. The van der Waals surface area contributed by atoms with Crippen molar-refractivity contribution >= 4 is 5.91 Å². The zero-order valence-corrected chi connectivity index (χ0v) is 11.1. The van der Waals surface area contributed by atoms with Crippen molar-refractivity contribution in [3.63, 3.8) is 0 Å². The van der Waals surface area contributed by atoms with Crippen molar-refractivity contribution in [2.75, 3.05) is 26.2 Å². The second-order valence-electron chi connectivity index (χ2n) is 5.80. The number of hydrogen-bond donors (Lipinski definition) is 1. The van der Waals surface area contributed by atoms with Crippen LogP contribution in [0.4, 0.5) is 0 Å². The zero-order valence-electron chi connectivity index (χ0n) is 11.1. The van der Waals surface area contributed by atoms with Crippen LogP contribution >= 0.6 is 0 Å². The van der Waals surface area contributed by atoms with E-state index in [2.05, 4.69) is 17.1 Å². The summed E-state index contributed by atoms with van der Waals surface area (Å²) < 4.78 is 0. The third-order valence-electron chi connectivity index (χ3n) is 4.30. The van der Waals surface area contributed by atoms with Crippen LogP contribution in [-0.4, -0.2) is 37.0 Å². The molecule has 0 spiro atoms. The van der Waals surface area contributed by atoms with Crippen molar-refractivity contribution in [2.45, 2.75) is 45.4 Å². The minimum atomic E-state index is 0.295. The van der Waals surface area contributed by atoms with Gasteiger partial charge in [0.1, 0.15) is 0 Å². The molecule has 2 aliphatic rings. The van der Waals surface area contributed by atoms with E-state index in [0.29, 0.717) is 11.8 Å². The molecule has 98 valence electrons. The Bertz CT molecular complexity index is 243. The van der Waals surface area contributed by atoms with Gasteiger partial charge in [-0.05, 0) is 57.7 Å². The minimum absolute atomic E-state index is 0.295. The number of hydrogen-bond acceptors (Lipinski definition) is 2.